The first kappa shape index (κ1) is 17.2. The molecular weight excluding hydrogens is 356 g/mol. The van der Waals surface area contributed by atoms with Crippen LogP contribution in [0, 0.1) is 20.2 Å². The van der Waals surface area contributed by atoms with Gasteiger partial charge in [0.05, 0.1) is 20.8 Å². The molecular formula is C17H12N4O4S. The SMILES string of the molecule is O=[N+]([O-])c1ccc(NN=C(c2ccccc2)c2cccs2)c([N+](=O)[O-])c1. The van der Waals surface area contributed by atoms with Crippen molar-refractivity contribution < 1.29 is 9.85 Å². The quantitative estimate of drug-likeness (QED) is 0.393. The molecule has 9 heteroatoms. The lowest BCUT2D eigenvalue weighted by molar-refractivity contribution is -0.393. The van der Waals surface area contributed by atoms with E-state index in [2.05, 4.69) is 10.5 Å². The molecule has 2 aromatic carbocycles. The van der Waals surface area contributed by atoms with E-state index in [0.29, 0.717) is 5.71 Å². The largest absolute Gasteiger partial charge is 0.301 e. The Balaban J connectivity index is 2.01. The van der Waals surface area contributed by atoms with Crippen LogP contribution in [0.2, 0.25) is 0 Å². The third-order valence-electron chi connectivity index (χ3n) is 3.48. The van der Waals surface area contributed by atoms with E-state index in [-0.39, 0.29) is 11.4 Å². The summed E-state index contributed by atoms with van der Waals surface area (Å²) in [6.07, 6.45) is 0. The number of nitro benzene ring substituents is 2. The zero-order valence-corrected chi connectivity index (χ0v) is 14.1. The summed E-state index contributed by atoms with van der Waals surface area (Å²) < 4.78 is 0. The lowest BCUT2D eigenvalue weighted by Gasteiger charge is -2.07. The fourth-order valence-electron chi connectivity index (χ4n) is 2.27. The van der Waals surface area contributed by atoms with Crippen molar-refractivity contribution in [2.75, 3.05) is 5.43 Å². The van der Waals surface area contributed by atoms with Crippen LogP contribution in [0.3, 0.4) is 0 Å². The maximum atomic E-state index is 11.2. The zero-order chi connectivity index (χ0) is 18.5. The van der Waals surface area contributed by atoms with E-state index in [1.165, 1.54) is 23.5 Å². The van der Waals surface area contributed by atoms with Gasteiger partial charge >= 0.3 is 5.69 Å². The van der Waals surface area contributed by atoms with Gasteiger partial charge in [0.15, 0.2) is 0 Å². The summed E-state index contributed by atoms with van der Waals surface area (Å²) in [6, 6.07) is 16.5. The van der Waals surface area contributed by atoms with Gasteiger partial charge in [-0.1, -0.05) is 36.4 Å². The van der Waals surface area contributed by atoms with Crippen LogP contribution in [0.25, 0.3) is 0 Å². The van der Waals surface area contributed by atoms with Gasteiger partial charge in [0.2, 0.25) is 0 Å². The lowest BCUT2D eigenvalue weighted by Crippen LogP contribution is -2.06. The van der Waals surface area contributed by atoms with Gasteiger partial charge in [0.1, 0.15) is 11.4 Å². The number of hydrogen-bond acceptors (Lipinski definition) is 7. The molecule has 0 amide bonds. The Bertz CT molecular complexity index is 972. The first-order valence-corrected chi connectivity index (χ1v) is 8.30. The maximum absolute atomic E-state index is 11.2. The van der Waals surface area contributed by atoms with Crippen LogP contribution in [0.5, 0.6) is 0 Å². The molecule has 0 bridgehead atoms. The minimum Gasteiger partial charge on any atom is -0.271 e. The molecule has 1 heterocycles. The Hall–Kier alpha value is -3.59. The van der Waals surface area contributed by atoms with Crippen LogP contribution < -0.4 is 5.43 Å². The van der Waals surface area contributed by atoms with E-state index in [9.17, 15) is 20.2 Å². The number of nitrogens with one attached hydrogen (secondary N) is 1. The van der Waals surface area contributed by atoms with Crippen molar-refractivity contribution >= 4 is 34.1 Å². The fourth-order valence-corrected chi connectivity index (χ4v) is 3.00. The molecule has 3 rings (SSSR count). The van der Waals surface area contributed by atoms with Gasteiger partial charge in [-0.05, 0) is 17.5 Å². The van der Waals surface area contributed by atoms with Crippen LogP contribution >= 0.6 is 11.3 Å². The highest BCUT2D eigenvalue weighted by atomic mass is 32.1. The van der Waals surface area contributed by atoms with E-state index in [0.717, 1.165) is 16.5 Å². The van der Waals surface area contributed by atoms with Crippen molar-refractivity contribution in [1.29, 1.82) is 0 Å². The highest BCUT2D eigenvalue weighted by Crippen LogP contribution is 2.29. The molecule has 0 saturated carbocycles. The van der Waals surface area contributed by atoms with Gasteiger partial charge in [-0.15, -0.1) is 11.3 Å². The average Bonchev–Trinajstić information content (AvgIpc) is 3.17. The number of thiophene rings is 1. The summed E-state index contributed by atoms with van der Waals surface area (Å²) in [4.78, 5) is 21.6. The minimum atomic E-state index is -0.682. The normalized spacial score (nSPS) is 11.2. The first-order chi connectivity index (χ1) is 12.6. The molecule has 3 aromatic rings. The summed E-state index contributed by atoms with van der Waals surface area (Å²) in [6.45, 7) is 0. The van der Waals surface area contributed by atoms with Crippen LogP contribution in [0.4, 0.5) is 17.1 Å². The number of nitro groups is 2. The molecule has 130 valence electrons. The molecule has 0 aliphatic heterocycles. The first-order valence-electron chi connectivity index (χ1n) is 7.42. The molecule has 0 unspecified atom stereocenters. The summed E-state index contributed by atoms with van der Waals surface area (Å²) in [7, 11) is 0. The monoisotopic (exact) mass is 368 g/mol. The topological polar surface area (TPSA) is 111 Å². The second-order valence-corrected chi connectivity index (χ2v) is 6.08. The highest BCUT2D eigenvalue weighted by molar-refractivity contribution is 7.12. The number of anilines is 1. The molecule has 0 aliphatic rings. The lowest BCUT2D eigenvalue weighted by atomic mass is 10.1. The Morgan fingerprint density at radius 3 is 2.35 bits per heavy atom. The van der Waals surface area contributed by atoms with E-state index in [1.54, 1.807) is 0 Å². The molecule has 0 atom stereocenters. The van der Waals surface area contributed by atoms with Gasteiger partial charge in [0, 0.05) is 11.6 Å². The third kappa shape index (κ3) is 3.73. The standard InChI is InChI=1S/C17H12N4O4S/c22-20(23)13-8-9-14(15(11-13)21(24)25)18-19-17(16-7-4-10-26-16)12-5-2-1-3-6-12/h1-11,18H. The molecule has 1 N–H and O–H groups in total. The molecule has 0 fully saturated rings. The molecule has 0 saturated heterocycles. The zero-order valence-electron chi connectivity index (χ0n) is 13.2. The van der Waals surface area contributed by atoms with Crippen LogP contribution in [-0.2, 0) is 0 Å². The van der Waals surface area contributed by atoms with Gasteiger partial charge in [-0.25, -0.2) is 0 Å². The molecule has 26 heavy (non-hydrogen) atoms. The third-order valence-corrected chi connectivity index (χ3v) is 4.36. The Labute approximate surface area is 151 Å². The van der Waals surface area contributed by atoms with Crippen LogP contribution in [0.1, 0.15) is 10.4 Å². The summed E-state index contributed by atoms with van der Waals surface area (Å²) in [5.74, 6) is 0. The highest BCUT2D eigenvalue weighted by Gasteiger charge is 2.19. The number of nitrogens with zero attached hydrogens (tertiary/aromatic N) is 3. The van der Waals surface area contributed by atoms with E-state index in [4.69, 9.17) is 0 Å². The Morgan fingerprint density at radius 2 is 1.73 bits per heavy atom. The maximum Gasteiger partial charge on any atom is 0.301 e. The number of rotatable bonds is 6. The minimum absolute atomic E-state index is 0.0746. The summed E-state index contributed by atoms with van der Waals surface area (Å²) in [5.41, 5.74) is 3.44. The van der Waals surface area contributed by atoms with Crippen LogP contribution in [-0.4, -0.2) is 15.6 Å². The summed E-state index contributed by atoms with van der Waals surface area (Å²) >= 11 is 1.48. The number of hydrazone groups is 1. The second kappa shape index (κ2) is 7.53. The summed E-state index contributed by atoms with van der Waals surface area (Å²) in [5, 5.41) is 28.3. The molecule has 0 aliphatic carbocycles. The van der Waals surface area contributed by atoms with Crippen molar-refractivity contribution in [2.24, 2.45) is 5.10 Å². The number of benzene rings is 2. The van der Waals surface area contributed by atoms with Gasteiger partial charge in [0.25, 0.3) is 5.69 Å². The van der Waals surface area contributed by atoms with Gasteiger partial charge in [-0.2, -0.15) is 5.10 Å². The van der Waals surface area contributed by atoms with E-state index in [1.807, 2.05) is 47.8 Å². The smallest absolute Gasteiger partial charge is 0.271 e. The van der Waals surface area contributed by atoms with Crippen molar-refractivity contribution in [3.63, 3.8) is 0 Å². The van der Waals surface area contributed by atoms with Crippen molar-refractivity contribution in [3.8, 4) is 0 Å². The molecule has 8 nitrogen and oxygen atoms in total. The average molecular weight is 368 g/mol. The number of hydrogen-bond donors (Lipinski definition) is 1. The second-order valence-electron chi connectivity index (χ2n) is 5.13. The van der Waals surface area contributed by atoms with Gasteiger partial charge < -0.3 is 0 Å². The molecule has 1 aromatic heterocycles. The Morgan fingerprint density at radius 1 is 0.962 bits per heavy atom. The van der Waals surface area contributed by atoms with Crippen molar-refractivity contribution in [3.05, 3.63) is 96.7 Å². The molecule has 0 spiro atoms. The van der Waals surface area contributed by atoms with Crippen LogP contribution in [0.15, 0.2) is 71.1 Å². The van der Waals surface area contributed by atoms with Gasteiger partial charge in [-0.3, -0.25) is 25.7 Å². The number of non-ortho nitro benzene ring substituents is 1. The predicted molar refractivity (Wildman–Crippen MR) is 99.8 cm³/mol. The fraction of sp³-hybridized carbons (Fsp3) is 0. The van der Waals surface area contributed by atoms with Crippen molar-refractivity contribution in [2.45, 2.75) is 0 Å². The van der Waals surface area contributed by atoms with E-state index < -0.39 is 15.5 Å². The van der Waals surface area contributed by atoms with Crippen molar-refractivity contribution in [1.82, 2.24) is 0 Å². The molecule has 0 radical (unpaired) electrons. The Kier molecular flexibility index (Phi) is 4.99. The predicted octanol–water partition coefficient (Wildman–Crippen LogP) is 4.43. The van der Waals surface area contributed by atoms with E-state index >= 15 is 0 Å².